The molecule has 0 heterocycles. The molecule has 0 saturated carbocycles. The molecule has 0 atom stereocenters. The maximum Gasteiger partial charge on any atom is 0.124 e. The minimum absolute atomic E-state index is 0.274. The second-order valence-electron chi connectivity index (χ2n) is 6.48. The summed E-state index contributed by atoms with van der Waals surface area (Å²) < 4.78 is 7.30. The van der Waals surface area contributed by atoms with Crippen molar-refractivity contribution in [3.63, 3.8) is 0 Å². The van der Waals surface area contributed by atoms with Gasteiger partial charge in [0.2, 0.25) is 0 Å². The van der Waals surface area contributed by atoms with Crippen LogP contribution in [0.25, 0.3) is 27.5 Å². The number of methoxy groups -OCH3 is 1. The average molecular weight is 478 g/mol. The van der Waals surface area contributed by atoms with Crippen LogP contribution in [-0.2, 0) is 0 Å². The Kier molecular flexibility index (Phi) is 5.35. The van der Waals surface area contributed by atoms with Gasteiger partial charge in [-0.05, 0) is 55.3 Å². The lowest BCUT2D eigenvalue weighted by molar-refractivity contribution is 0.415. The molecule has 1 N–H and O–H groups in total. The molecular weight excluding hydrogens is 459 g/mol. The quantitative estimate of drug-likeness (QED) is 0.319. The first-order valence-corrected chi connectivity index (χ1v) is 10.2. The van der Waals surface area contributed by atoms with E-state index in [2.05, 4.69) is 46.9 Å². The molecule has 28 heavy (non-hydrogen) atoms. The molecule has 0 fully saturated rings. The molecule has 0 aliphatic carbocycles. The number of hydrogen-bond acceptors (Lipinski definition) is 2. The first-order valence-electron chi connectivity index (χ1n) is 8.98. The van der Waals surface area contributed by atoms with Crippen molar-refractivity contribution in [2.75, 3.05) is 7.11 Å². The van der Waals surface area contributed by atoms with Crippen LogP contribution in [-0.4, -0.2) is 12.2 Å². The number of benzene rings is 4. The minimum atomic E-state index is 0.274. The zero-order chi connectivity index (χ0) is 19.5. The molecule has 4 aromatic rings. The van der Waals surface area contributed by atoms with Gasteiger partial charge in [0, 0.05) is 5.56 Å². The van der Waals surface area contributed by atoms with Crippen molar-refractivity contribution in [1.82, 2.24) is 0 Å². The third kappa shape index (κ3) is 3.38. The first-order chi connectivity index (χ1) is 13.7. The first kappa shape index (κ1) is 18.6. The van der Waals surface area contributed by atoms with E-state index in [1.807, 2.05) is 64.7 Å². The number of halogens is 1. The molecule has 4 rings (SSSR count). The molecule has 0 saturated heterocycles. The Hall–Kier alpha value is -2.79. The summed E-state index contributed by atoms with van der Waals surface area (Å²) in [6.45, 7) is 0. The smallest absolute Gasteiger partial charge is 0.124 e. The van der Waals surface area contributed by atoms with Crippen molar-refractivity contribution in [2.45, 2.75) is 0 Å². The highest BCUT2D eigenvalue weighted by Crippen LogP contribution is 2.42. The standard InChI is InChI=1S/C25H19IO2/c1-28-19-13-11-18(12-14-19)22-15-24(27)25(21-10-6-5-9-20(21)22)23(16-26)17-7-3-2-4-8-17/h2-16,27H,1H3/b23-16+. The van der Waals surface area contributed by atoms with Crippen LogP contribution in [0.1, 0.15) is 11.1 Å². The van der Waals surface area contributed by atoms with Gasteiger partial charge in [-0.3, -0.25) is 0 Å². The predicted molar refractivity (Wildman–Crippen MR) is 125 cm³/mol. The highest BCUT2D eigenvalue weighted by molar-refractivity contribution is 14.1. The van der Waals surface area contributed by atoms with Crippen molar-refractivity contribution in [3.8, 4) is 22.6 Å². The second kappa shape index (κ2) is 8.07. The van der Waals surface area contributed by atoms with Crippen molar-refractivity contribution in [1.29, 1.82) is 0 Å². The maximum absolute atomic E-state index is 11.0. The van der Waals surface area contributed by atoms with Crippen LogP contribution in [0, 0.1) is 0 Å². The van der Waals surface area contributed by atoms with Crippen LogP contribution in [0.2, 0.25) is 0 Å². The fourth-order valence-corrected chi connectivity index (χ4v) is 4.20. The summed E-state index contributed by atoms with van der Waals surface area (Å²) in [5.41, 5.74) is 4.98. The third-order valence-corrected chi connectivity index (χ3v) is 5.51. The Morgan fingerprint density at radius 3 is 2.14 bits per heavy atom. The van der Waals surface area contributed by atoms with E-state index < -0.39 is 0 Å². The largest absolute Gasteiger partial charge is 0.507 e. The van der Waals surface area contributed by atoms with Crippen LogP contribution in [0.5, 0.6) is 11.5 Å². The van der Waals surface area contributed by atoms with Gasteiger partial charge in [0.15, 0.2) is 0 Å². The Balaban J connectivity index is 1.97. The van der Waals surface area contributed by atoms with Crippen molar-refractivity contribution in [2.24, 2.45) is 0 Å². The summed E-state index contributed by atoms with van der Waals surface area (Å²) in [6.07, 6.45) is 0. The molecule has 4 aromatic carbocycles. The molecule has 0 radical (unpaired) electrons. The van der Waals surface area contributed by atoms with Crippen LogP contribution in [0.4, 0.5) is 0 Å². The molecule has 0 bridgehead atoms. The fraction of sp³-hybridized carbons (Fsp3) is 0.0400. The molecule has 0 amide bonds. The van der Waals surface area contributed by atoms with E-state index in [1.54, 1.807) is 7.11 Å². The normalized spacial score (nSPS) is 11.6. The monoisotopic (exact) mass is 478 g/mol. The molecule has 0 spiro atoms. The second-order valence-corrected chi connectivity index (χ2v) is 7.10. The SMILES string of the molecule is COc1ccc(-c2cc(O)c(/C(=C/I)c3ccccc3)c3ccccc23)cc1. The van der Waals surface area contributed by atoms with Gasteiger partial charge in [0.1, 0.15) is 11.5 Å². The molecule has 0 unspecified atom stereocenters. The van der Waals surface area contributed by atoms with Gasteiger partial charge >= 0.3 is 0 Å². The Morgan fingerprint density at radius 2 is 1.50 bits per heavy atom. The molecule has 2 nitrogen and oxygen atoms in total. The van der Waals surface area contributed by atoms with E-state index in [9.17, 15) is 5.11 Å². The van der Waals surface area contributed by atoms with Crippen LogP contribution < -0.4 is 4.74 Å². The Bertz CT molecular complexity index is 1150. The third-order valence-electron chi connectivity index (χ3n) is 4.89. The van der Waals surface area contributed by atoms with Crippen LogP contribution >= 0.6 is 22.6 Å². The van der Waals surface area contributed by atoms with Gasteiger partial charge in [-0.2, -0.15) is 0 Å². The molecule has 0 aliphatic heterocycles. The maximum atomic E-state index is 11.0. The predicted octanol–water partition coefficient (Wildman–Crippen LogP) is 7.05. The summed E-state index contributed by atoms with van der Waals surface area (Å²) in [6, 6.07) is 28.2. The number of aromatic hydroxyl groups is 1. The van der Waals surface area contributed by atoms with E-state index in [-0.39, 0.29) is 5.75 Å². The molecule has 138 valence electrons. The molecular formula is C25H19IO2. The number of fused-ring (bicyclic) bond motifs is 1. The zero-order valence-electron chi connectivity index (χ0n) is 15.4. The van der Waals surface area contributed by atoms with E-state index in [0.29, 0.717) is 0 Å². The van der Waals surface area contributed by atoms with E-state index in [4.69, 9.17) is 4.74 Å². The summed E-state index contributed by atoms with van der Waals surface area (Å²) in [4.78, 5) is 0. The summed E-state index contributed by atoms with van der Waals surface area (Å²) >= 11 is 2.25. The van der Waals surface area contributed by atoms with E-state index >= 15 is 0 Å². The zero-order valence-corrected chi connectivity index (χ0v) is 17.6. The van der Waals surface area contributed by atoms with Gasteiger partial charge in [-0.25, -0.2) is 0 Å². The minimum Gasteiger partial charge on any atom is -0.507 e. The van der Waals surface area contributed by atoms with E-state index in [1.165, 1.54) is 0 Å². The Morgan fingerprint density at radius 1 is 0.857 bits per heavy atom. The summed E-state index contributed by atoms with van der Waals surface area (Å²) in [5, 5.41) is 13.2. The lowest BCUT2D eigenvalue weighted by atomic mass is 9.89. The van der Waals surface area contributed by atoms with Crippen molar-refractivity contribution in [3.05, 3.63) is 100 Å². The number of hydrogen-bond donors (Lipinski definition) is 1. The summed E-state index contributed by atoms with van der Waals surface area (Å²) in [5.74, 6) is 1.09. The van der Waals surface area contributed by atoms with Gasteiger partial charge in [-0.15, -0.1) is 0 Å². The molecule has 0 aliphatic rings. The van der Waals surface area contributed by atoms with Crippen LogP contribution in [0.3, 0.4) is 0 Å². The number of phenols is 1. The van der Waals surface area contributed by atoms with Gasteiger partial charge in [0.25, 0.3) is 0 Å². The Labute approximate surface area is 178 Å². The summed E-state index contributed by atoms with van der Waals surface area (Å²) in [7, 11) is 1.66. The lowest BCUT2D eigenvalue weighted by Crippen LogP contribution is -1.93. The van der Waals surface area contributed by atoms with Gasteiger partial charge in [-0.1, -0.05) is 89.3 Å². The molecule has 0 aromatic heterocycles. The average Bonchev–Trinajstić information content (AvgIpc) is 2.76. The number of rotatable bonds is 4. The number of phenolic OH excluding ortho intramolecular Hbond substituents is 1. The topological polar surface area (TPSA) is 29.5 Å². The highest BCUT2D eigenvalue weighted by atomic mass is 127. The number of ether oxygens (including phenoxy) is 1. The van der Waals surface area contributed by atoms with Gasteiger partial charge in [0.05, 0.1) is 7.11 Å². The van der Waals surface area contributed by atoms with Gasteiger partial charge < -0.3 is 9.84 Å². The molecule has 3 heteroatoms. The fourth-order valence-electron chi connectivity index (χ4n) is 3.53. The van der Waals surface area contributed by atoms with Crippen molar-refractivity contribution < 1.29 is 9.84 Å². The highest BCUT2D eigenvalue weighted by Gasteiger charge is 2.17. The lowest BCUT2D eigenvalue weighted by Gasteiger charge is -2.16. The van der Waals surface area contributed by atoms with Crippen LogP contribution in [0.15, 0.2) is 89.0 Å². The van der Waals surface area contributed by atoms with E-state index in [0.717, 1.165) is 44.3 Å². The van der Waals surface area contributed by atoms with Crippen molar-refractivity contribution >= 4 is 38.9 Å².